The number of ether oxygens (including phenoxy) is 1. The van der Waals surface area contributed by atoms with Crippen LogP contribution in [0, 0.1) is 6.92 Å². The summed E-state index contributed by atoms with van der Waals surface area (Å²) in [6.45, 7) is 8.00. The van der Waals surface area contributed by atoms with Crippen LogP contribution < -0.4 is 0 Å². The molecule has 0 N–H and O–H groups in total. The highest BCUT2D eigenvalue weighted by Crippen LogP contribution is 2.37. The second-order valence-corrected chi connectivity index (χ2v) is 2.18. The van der Waals surface area contributed by atoms with E-state index in [-0.39, 0.29) is 5.60 Å². The summed E-state index contributed by atoms with van der Waals surface area (Å²) in [5.74, 6) is 0. The van der Waals surface area contributed by atoms with E-state index in [0.29, 0.717) is 6.10 Å². The van der Waals surface area contributed by atoms with E-state index >= 15 is 0 Å². The molecule has 1 saturated heterocycles. The van der Waals surface area contributed by atoms with E-state index in [1.54, 1.807) is 0 Å². The topological polar surface area (TPSA) is 12.5 Å². The van der Waals surface area contributed by atoms with Crippen molar-refractivity contribution < 1.29 is 4.74 Å². The van der Waals surface area contributed by atoms with Crippen molar-refractivity contribution in [2.75, 3.05) is 0 Å². The van der Waals surface area contributed by atoms with E-state index in [2.05, 4.69) is 20.8 Å². The third-order valence-corrected chi connectivity index (χ3v) is 1.69. The summed E-state index contributed by atoms with van der Waals surface area (Å²) in [7, 11) is 0. The first-order valence-electron chi connectivity index (χ1n) is 2.72. The normalized spacial score (nSPS) is 49.3. The van der Waals surface area contributed by atoms with Crippen LogP contribution in [-0.2, 0) is 4.74 Å². The fraction of sp³-hybridized carbons (Fsp3) is 0.833. The highest BCUT2D eigenvalue weighted by atomic mass is 16.6. The SMILES string of the molecule is [CH2]C1(CC)OC1C. The number of rotatable bonds is 1. The maximum Gasteiger partial charge on any atom is 0.0944 e. The monoisotopic (exact) mass is 99.1 g/mol. The van der Waals surface area contributed by atoms with Crippen LogP contribution in [0.4, 0.5) is 0 Å². The third-order valence-electron chi connectivity index (χ3n) is 1.69. The molecule has 1 fully saturated rings. The van der Waals surface area contributed by atoms with Crippen molar-refractivity contribution in [3.8, 4) is 0 Å². The molecule has 1 aliphatic rings. The fourth-order valence-electron chi connectivity index (χ4n) is 0.689. The smallest absolute Gasteiger partial charge is 0.0944 e. The second kappa shape index (κ2) is 1.22. The van der Waals surface area contributed by atoms with Crippen LogP contribution in [0.1, 0.15) is 20.3 Å². The molecule has 1 aliphatic heterocycles. The van der Waals surface area contributed by atoms with Crippen molar-refractivity contribution in [1.29, 1.82) is 0 Å². The van der Waals surface area contributed by atoms with E-state index < -0.39 is 0 Å². The van der Waals surface area contributed by atoms with Crippen LogP contribution in [0.25, 0.3) is 0 Å². The van der Waals surface area contributed by atoms with Gasteiger partial charge in [0.1, 0.15) is 0 Å². The molecule has 1 radical (unpaired) electrons. The maximum absolute atomic E-state index is 5.14. The molecule has 1 heteroatoms. The Kier molecular flexibility index (Phi) is 0.890. The molecule has 0 amide bonds. The Labute approximate surface area is 44.7 Å². The van der Waals surface area contributed by atoms with Gasteiger partial charge in [0.15, 0.2) is 0 Å². The summed E-state index contributed by atoms with van der Waals surface area (Å²) in [4.78, 5) is 0. The zero-order valence-corrected chi connectivity index (χ0v) is 4.90. The van der Waals surface area contributed by atoms with Crippen LogP contribution in [0.5, 0.6) is 0 Å². The summed E-state index contributed by atoms with van der Waals surface area (Å²) in [6, 6.07) is 0. The first-order valence-corrected chi connectivity index (χ1v) is 2.72. The Balaban J connectivity index is 2.36. The van der Waals surface area contributed by atoms with Crippen molar-refractivity contribution >= 4 is 0 Å². The molecule has 2 unspecified atom stereocenters. The van der Waals surface area contributed by atoms with Crippen molar-refractivity contribution in [3.05, 3.63) is 6.92 Å². The van der Waals surface area contributed by atoms with Gasteiger partial charge < -0.3 is 4.74 Å². The van der Waals surface area contributed by atoms with Crippen LogP contribution >= 0.6 is 0 Å². The second-order valence-electron chi connectivity index (χ2n) is 2.18. The van der Waals surface area contributed by atoms with Crippen LogP contribution in [-0.4, -0.2) is 11.7 Å². The van der Waals surface area contributed by atoms with Crippen molar-refractivity contribution in [1.82, 2.24) is 0 Å². The predicted octanol–water partition coefficient (Wildman–Crippen LogP) is 1.39. The highest BCUT2D eigenvalue weighted by molar-refractivity contribution is 5.01. The fourth-order valence-corrected chi connectivity index (χ4v) is 0.689. The summed E-state index contributed by atoms with van der Waals surface area (Å²) in [5, 5.41) is 0. The zero-order valence-electron chi connectivity index (χ0n) is 4.90. The van der Waals surface area contributed by atoms with Gasteiger partial charge in [-0.1, -0.05) is 6.92 Å². The Hall–Kier alpha value is -0.0400. The number of epoxide rings is 1. The molecular weight excluding hydrogens is 88.1 g/mol. The van der Waals surface area contributed by atoms with Gasteiger partial charge in [0.05, 0.1) is 11.7 Å². The Bertz CT molecular complexity index is 76.2. The molecule has 1 rings (SSSR count). The highest BCUT2D eigenvalue weighted by Gasteiger charge is 2.46. The third kappa shape index (κ3) is 0.653. The molecule has 0 saturated carbocycles. The molecule has 0 aromatic rings. The van der Waals surface area contributed by atoms with E-state index in [0.717, 1.165) is 6.42 Å². The van der Waals surface area contributed by atoms with Crippen molar-refractivity contribution in [2.45, 2.75) is 32.0 Å². The number of hydrogen-bond acceptors (Lipinski definition) is 1. The average Bonchev–Trinajstić information content (AvgIpc) is 2.18. The maximum atomic E-state index is 5.14. The summed E-state index contributed by atoms with van der Waals surface area (Å²) >= 11 is 0. The van der Waals surface area contributed by atoms with Gasteiger partial charge in [0.25, 0.3) is 0 Å². The summed E-state index contributed by atoms with van der Waals surface area (Å²) < 4.78 is 5.14. The minimum absolute atomic E-state index is 0. The van der Waals surface area contributed by atoms with E-state index in [1.165, 1.54) is 0 Å². The lowest BCUT2D eigenvalue weighted by atomic mass is 10.1. The lowest BCUT2D eigenvalue weighted by Crippen LogP contribution is -2.04. The first-order chi connectivity index (χ1) is 3.19. The van der Waals surface area contributed by atoms with Crippen molar-refractivity contribution in [2.24, 2.45) is 0 Å². The average molecular weight is 99.2 g/mol. The van der Waals surface area contributed by atoms with Crippen LogP contribution in [0.2, 0.25) is 0 Å². The zero-order chi connectivity index (χ0) is 5.49. The summed E-state index contributed by atoms with van der Waals surface area (Å²) in [6.07, 6.45) is 1.44. The Morgan fingerprint density at radius 2 is 2.29 bits per heavy atom. The first kappa shape index (κ1) is 5.10. The van der Waals surface area contributed by atoms with Crippen LogP contribution in [0.3, 0.4) is 0 Å². The van der Waals surface area contributed by atoms with E-state index in [1.807, 2.05) is 0 Å². The molecule has 2 atom stereocenters. The number of hydrogen-bond donors (Lipinski definition) is 0. The van der Waals surface area contributed by atoms with Gasteiger partial charge in [0, 0.05) is 0 Å². The van der Waals surface area contributed by atoms with Gasteiger partial charge in [-0.15, -0.1) is 0 Å². The molecule has 41 valence electrons. The predicted molar refractivity (Wildman–Crippen MR) is 28.9 cm³/mol. The molecule has 7 heavy (non-hydrogen) atoms. The van der Waals surface area contributed by atoms with Gasteiger partial charge in [-0.25, -0.2) is 0 Å². The Morgan fingerprint density at radius 3 is 2.29 bits per heavy atom. The molecule has 1 nitrogen and oxygen atoms in total. The quantitative estimate of drug-likeness (QED) is 0.452. The lowest BCUT2D eigenvalue weighted by molar-refractivity contribution is 0.327. The van der Waals surface area contributed by atoms with E-state index in [4.69, 9.17) is 4.74 Å². The Morgan fingerprint density at radius 1 is 1.86 bits per heavy atom. The molecule has 0 bridgehead atoms. The molecule has 0 aromatic carbocycles. The minimum atomic E-state index is 0. The lowest BCUT2D eigenvalue weighted by Gasteiger charge is -1.94. The van der Waals surface area contributed by atoms with Crippen LogP contribution in [0.15, 0.2) is 0 Å². The van der Waals surface area contributed by atoms with Gasteiger partial charge in [-0.3, -0.25) is 0 Å². The van der Waals surface area contributed by atoms with Gasteiger partial charge >= 0.3 is 0 Å². The molecule has 1 heterocycles. The molecule has 0 aliphatic carbocycles. The van der Waals surface area contributed by atoms with Gasteiger partial charge in [0.2, 0.25) is 0 Å². The standard InChI is InChI=1S/C6H11O/c1-4-6(3)5(2)7-6/h5H,3-4H2,1-2H3. The van der Waals surface area contributed by atoms with Gasteiger partial charge in [-0.2, -0.15) is 0 Å². The van der Waals surface area contributed by atoms with E-state index in [9.17, 15) is 0 Å². The molecule has 0 aromatic heterocycles. The largest absolute Gasteiger partial charge is 0.366 e. The molecular formula is C6H11O. The van der Waals surface area contributed by atoms with Crippen molar-refractivity contribution in [3.63, 3.8) is 0 Å². The summed E-state index contributed by atoms with van der Waals surface area (Å²) in [5.41, 5.74) is 0. The minimum Gasteiger partial charge on any atom is -0.366 e. The molecule has 0 spiro atoms. The van der Waals surface area contributed by atoms with Gasteiger partial charge in [-0.05, 0) is 20.3 Å².